The molecule has 0 aliphatic heterocycles. The van der Waals surface area contributed by atoms with Gasteiger partial charge in [-0.25, -0.2) is 4.98 Å². The number of aromatic hydroxyl groups is 1. The van der Waals surface area contributed by atoms with Crippen LogP contribution in [0.15, 0.2) is 51.8 Å². The zero-order chi connectivity index (χ0) is 14.2. The number of hydrogen-bond acceptors (Lipinski definition) is 6. The van der Waals surface area contributed by atoms with Crippen LogP contribution in [0, 0.1) is 0 Å². The summed E-state index contributed by atoms with van der Waals surface area (Å²) in [5, 5.41) is 17.9. The number of phenolic OH excluding ortho intramolecular Hbond substituents is 1. The number of aromatic nitrogens is 3. The molecule has 4 aromatic rings. The summed E-state index contributed by atoms with van der Waals surface area (Å²) in [5.41, 5.74) is 2.89. The van der Waals surface area contributed by atoms with Crippen LogP contribution in [0.4, 0.5) is 0 Å². The SMILES string of the molecule is Oc1cc2ccccc2cc1-c1nc(-c2cscn2)no1. The molecule has 21 heavy (non-hydrogen) atoms. The van der Waals surface area contributed by atoms with Gasteiger partial charge in [-0.15, -0.1) is 11.3 Å². The van der Waals surface area contributed by atoms with E-state index in [9.17, 15) is 5.11 Å². The molecule has 5 nitrogen and oxygen atoms in total. The van der Waals surface area contributed by atoms with Crippen LogP contribution in [0.25, 0.3) is 33.7 Å². The Morgan fingerprint density at radius 1 is 1.10 bits per heavy atom. The van der Waals surface area contributed by atoms with E-state index < -0.39 is 0 Å². The summed E-state index contributed by atoms with van der Waals surface area (Å²) in [5.74, 6) is 0.808. The lowest BCUT2D eigenvalue weighted by atomic mass is 10.1. The van der Waals surface area contributed by atoms with E-state index in [2.05, 4.69) is 15.1 Å². The average Bonchev–Trinajstić information content (AvgIpc) is 3.17. The number of thiazole rings is 1. The third-order valence-corrected chi connectivity index (χ3v) is 3.77. The van der Waals surface area contributed by atoms with Gasteiger partial charge in [0.15, 0.2) is 0 Å². The molecule has 0 aliphatic rings. The van der Waals surface area contributed by atoms with Crippen LogP contribution < -0.4 is 0 Å². The van der Waals surface area contributed by atoms with E-state index in [1.807, 2.05) is 35.7 Å². The molecule has 0 amide bonds. The summed E-state index contributed by atoms with van der Waals surface area (Å²) < 4.78 is 5.25. The first-order valence-electron chi connectivity index (χ1n) is 6.26. The predicted octanol–water partition coefficient (Wildman–Crippen LogP) is 3.72. The minimum Gasteiger partial charge on any atom is -0.507 e. The molecule has 0 atom stereocenters. The molecule has 1 N–H and O–H groups in total. The number of hydrogen-bond donors (Lipinski definition) is 1. The Labute approximate surface area is 123 Å². The van der Waals surface area contributed by atoms with Crippen LogP contribution in [0.5, 0.6) is 5.75 Å². The van der Waals surface area contributed by atoms with Crippen molar-refractivity contribution in [1.29, 1.82) is 0 Å². The average molecular weight is 295 g/mol. The molecule has 0 unspecified atom stereocenters. The van der Waals surface area contributed by atoms with Gasteiger partial charge >= 0.3 is 0 Å². The predicted molar refractivity (Wildman–Crippen MR) is 80.0 cm³/mol. The Hall–Kier alpha value is -2.73. The molecule has 0 aliphatic carbocycles. The summed E-state index contributed by atoms with van der Waals surface area (Å²) in [7, 11) is 0. The third kappa shape index (κ3) is 2.05. The van der Waals surface area contributed by atoms with Gasteiger partial charge in [-0.1, -0.05) is 29.4 Å². The second-order valence-corrected chi connectivity index (χ2v) is 5.23. The summed E-state index contributed by atoms with van der Waals surface area (Å²) in [6.07, 6.45) is 0. The maximum atomic E-state index is 10.2. The maximum Gasteiger partial charge on any atom is 0.262 e. The summed E-state index contributed by atoms with van der Waals surface area (Å²) in [6.45, 7) is 0. The fourth-order valence-corrected chi connectivity index (χ4v) is 2.69. The van der Waals surface area contributed by atoms with Crippen LogP contribution in [0.2, 0.25) is 0 Å². The minimum absolute atomic E-state index is 0.113. The van der Waals surface area contributed by atoms with Crippen LogP contribution in [0.3, 0.4) is 0 Å². The van der Waals surface area contributed by atoms with Crippen LogP contribution in [-0.4, -0.2) is 20.2 Å². The minimum atomic E-state index is 0.113. The number of nitrogens with zero attached hydrogens (tertiary/aromatic N) is 3. The molecule has 0 spiro atoms. The fourth-order valence-electron chi connectivity index (χ4n) is 2.16. The van der Waals surface area contributed by atoms with Crippen molar-refractivity contribution in [2.75, 3.05) is 0 Å². The molecular formula is C15H9N3O2S. The van der Waals surface area contributed by atoms with Crippen molar-refractivity contribution in [2.45, 2.75) is 0 Å². The van der Waals surface area contributed by atoms with Crippen LogP contribution >= 0.6 is 11.3 Å². The van der Waals surface area contributed by atoms with Crippen molar-refractivity contribution < 1.29 is 9.63 Å². The monoisotopic (exact) mass is 295 g/mol. The first-order chi connectivity index (χ1) is 10.3. The molecule has 6 heteroatoms. The number of phenols is 1. The summed E-state index contributed by atoms with van der Waals surface area (Å²) in [4.78, 5) is 8.43. The third-order valence-electron chi connectivity index (χ3n) is 3.18. The van der Waals surface area contributed by atoms with E-state index in [1.54, 1.807) is 11.6 Å². The summed E-state index contributed by atoms with van der Waals surface area (Å²) >= 11 is 1.46. The van der Waals surface area contributed by atoms with Gasteiger partial charge in [0.25, 0.3) is 5.89 Å². The molecule has 2 heterocycles. The molecule has 0 saturated heterocycles. The quantitative estimate of drug-likeness (QED) is 0.610. The van der Waals surface area contributed by atoms with E-state index in [4.69, 9.17) is 4.52 Å². The Bertz CT molecular complexity index is 916. The van der Waals surface area contributed by atoms with E-state index >= 15 is 0 Å². The molecular weight excluding hydrogens is 286 g/mol. The molecule has 102 valence electrons. The molecule has 4 rings (SSSR count). The maximum absolute atomic E-state index is 10.2. The van der Waals surface area contributed by atoms with E-state index in [1.165, 1.54) is 11.3 Å². The molecule has 0 saturated carbocycles. The van der Waals surface area contributed by atoms with Crippen LogP contribution in [0.1, 0.15) is 0 Å². The van der Waals surface area contributed by atoms with Crippen molar-refractivity contribution >= 4 is 22.1 Å². The lowest BCUT2D eigenvalue weighted by Gasteiger charge is -2.02. The lowest BCUT2D eigenvalue weighted by Crippen LogP contribution is -1.82. The van der Waals surface area contributed by atoms with E-state index in [0.717, 1.165) is 10.8 Å². The van der Waals surface area contributed by atoms with E-state index in [-0.39, 0.29) is 11.6 Å². The highest BCUT2D eigenvalue weighted by molar-refractivity contribution is 7.07. The standard InChI is InChI=1S/C15H9N3O2S/c19-13-6-10-4-2-1-3-9(10)5-11(13)15-17-14(18-20-15)12-7-21-8-16-12/h1-8,19H. The molecule has 2 aromatic carbocycles. The topological polar surface area (TPSA) is 72.0 Å². The highest BCUT2D eigenvalue weighted by Crippen LogP contribution is 2.33. The molecule has 0 fully saturated rings. The molecule has 2 aromatic heterocycles. The number of rotatable bonds is 2. The van der Waals surface area contributed by atoms with Gasteiger partial charge in [-0.05, 0) is 22.9 Å². The first kappa shape index (κ1) is 12.0. The molecule has 0 radical (unpaired) electrons. The number of fused-ring (bicyclic) bond motifs is 1. The van der Waals surface area contributed by atoms with Crippen LogP contribution in [-0.2, 0) is 0 Å². The Morgan fingerprint density at radius 2 is 1.90 bits per heavy atom. The Morgan fingerprint density at radius 3 is 2.67 bits per heavy atom. The molecule has 0 bridgehead atoms. The van der Waals surface area contributed by atoms with Crippen molar-refractivity contribution in [1.82, 2.24) is 15.1 Å². The van der Waals surface area contributed by atoms with Gasteiger partial charge < -0.3 is 9.63 Å². The van der Waals surface area contributed by atoms with Gasteiger partial charge in [0, 0.05) is 5.38 Å². The van der Waals surface area contributed by atoms with Gasteiger partial charge in [0.1, 0.15) is 11.4 Å². The van der Waals surface area contributed by atoms with Crippen molar-refractivity contribution in [3.05, 3.63) is 47.3 Å². The largest absolute Gasteiger partial charge is 0.507 e. The zero-order valence-corrected chi connectivity index (χ0v) is 11.5. The normalized spacial score (nSPS) is 11.0. The number of benzene rings is 2. The van der Waals surface area contributed by atoms with Crippen molar-refractivity contribution in [2.24, 2.45) is 0 Å². The second kappa shape index (κ2) is 4.68. The highest BCUT2D eigenvalue weighted by atomic mass is 32.1. The van der Waals surface area contributed by atoms with Gasteiger partial charge in [-0.2, -0.15) is 4.98 Å². The van der Waals surface area contributed by atoms with Crippen molar-refractivity contribution in [3.63, 3.8) is 0 Å². The Balaban J connectivity index is 1.85. The van der Waals surface area contributed by atoms with Gasteiger partial charge in [-0.3, -0.25) is 0 Å². The van der Waals surface area contributed by atoms with Crippen molar-refractivity contribution in [3.8, 4) is 28.7 Å². The first-order valence-corrected chi connectivity index (χ1v) is 7.20. The highest BCUT2D eigenvalue weighted by Gasteiger charge is 2.15. The lowest BCUT2D eigenvalue weighted by molar-refractivity contribution is 0.426. The fraction of sp³-hybridized carbons (Fsp3) is 0. The smallest absolute Gasteiger partial charge is 0.262 e. The Kier molecular flexibility index (Phi) is 2.68. The van der Waals surface area contributed by atoms with Gasteiger partial charge in [0.2, 0.25) is 5.82 Å². The van der Waals surface area contributed by atoms with Gasteiger partial charge in [0.05, 0.1) is 11.1 Å². The zero-order valence-electron chi connectivity index (χ0n) is 10.7. The van der Waals surface area contributed by atoms with E-state index in [0.29, 0.717) is 17.1 Å². The summed E-state index contributed by atoms with van der Waals surface area (Å²) in [6, 6.07) is 11.3. The second-order valence-electron chi connectivity index (χ2n) is 4.51.